The van der Waals surface area contributed by atoms with Gasteiger partial charge in [-0.1, -0.05) is 89.2 Å². The molecule has 0 aromatic rings. The molecular formula is C22H40. The Bertz CT molecular complexity index is 269. The minimum atomic E-state index is 0.969. The minimum absolute atomic E-state index is 0.969. The van der Waals surface area contributed by atoms with Gasteiger partial charge in [0.1, 0.15) is 0 Å². The number of allylic oxidation sites excluding steroid dienone is 2. The molecule has 2 aliphatic rings. The van der Waals surface area contributed by atoms with Gasteiger partial charge in [0.15, 0.2) is 0 Å². The number of hydrogen-bond donors (Lipinski definition) is 0. The summed E-state index contributed by atoms with van der Waals surface area (Å²) >= 11 is 0. The average molecular weight is 305 g/mol. The molecule has 0 amide bonds. The lowest BCUT2D eigenvalue weighted by atomic mass is 9.73. The monoisotopic (exact) mass is 304 g/mol. The molecule has 2 aliphatic carbocycles. The van der Waals surface area contributed by atoms with Gasteiger partial charge in [0, 0.05) is 0 Å². The van der Waals surface area contributed by atoms with Gasteiger partial charge in [-0.3, -0.25) is 0 Å². The van der Waals surface area contributed by atoms with Crippen LogP contribution in [0.2, 0.25) is 0 Å². The van der Waals surface area contributed by atoms with Crippen LogP contribution in [0.3, 0.4) is 0 Å². The Labute approximate surface area is 140 Å². The molecule has 0 aliphatic heterocycles. The Balaban J connectivity index is 1.79. The molecule has 0 bridgehead atoms. The van der Waals surface area contributed by atoms with Gasteiger partial charge >= 0.3 is 0 Å². The summed E-state index contributed by atoms with van der Waals surface area (Å²) in [5.41, 5.74) is 1.92. The molecule has 0 aromatic carbocycles. The molecule has 0 unspecified atom stereocenters. The van der Waals surface area contributed by atoms with Crippen molar-refractivity contribution >= 4 is 0 Å². The second-order valence-electron chi connectivity index (χ2n) is 7.93. The molecule has 0 heteroatoms. The molecule has 0 radical (unpaired) electrons. The van der Waals surface area contributed by atoms with E-state index in [1.165, 1.54) is 109 Å². The van der Waals surface area contributed by atoms with Gasteiger partial charge in [-0.25, -0.2) is 0 Å². The lowest BCUT2D eigenvalue weighted by molar-refractivity contribution is 0.324. The molecule has 22 heavy (non-hydrogen) atoms. The molecule has 2 saturated carbocycles. The van der Waals surface area contributed by atoms with Crippen molar-refractivity contribution in [3.05, 3.63) is 11.6 Å². The van der Waals surface area contributed by atoms with Gasteiger partial charge in [-0.15, -0.1) is 0 Å². The molecule has 0 aromatic heterocycles. The second-order valence-corrected chi connectivity index (χ2v) is 7.93. The van der Waals surface area contributed by atoms with E-state index >= 15 is 0 Å². The van der Waals surface area contributed by atoms with E-state index in [-0.39, 0.29) is 0 Å². The fourth-order valence-electron chi connectivity index (χ4n) is 4.73. The van der Waals surface area contributed by atoms with Gasteiger partial charge in [-0.2, -0.15) is 0 Å². The standard InChI is InChI=1S/C22H40/c1-2-3-4-5-6-7-14-19-22(20-15-10-8-11-16-20)21-17-12-9-13-18-21/h19-21H,2-18H2,1H3. The van der Waals surface area contributed by atoms with E-state index in [1.807, 2.05) is 5.57 Å². The van der Waals surface area contributed by atoms with Gasteiger partial charge in [0.2, 0.25) is 0 Å². The Morgan fingerprint density at radius 2 is 1.18 bits per heavy atom. The normalized spacial score (nSPS) is 21.0. The maximum Gasteiger partial charge on any atom is -0.0200 e. The summed E-state index contributed by atoms with van der Waals surface area (Å²) in [4.78, 5) is 0. The predicted octanol–water partition coefficient (Wildman–Crippen LogP) is 7.82. The summed E-state index contributed by atoms with van der Waals surface area (Å²) in [5, 5.41) is 0. The van der Waals surface area contributed by atoms with Gasteiger partial charge in [0.05, 0.1) is 0 Å². The number of unbranched alkanes of at least 4 members (excludes halogenated alkanes) is 6. The quantitative estimate of drug-likeness (QED) is 0.301. The van der Waals surface area contributed by atoms with Crippen molar-refractivity contribution in [3.8, 4) is 0 Å². The zero-order valence-corrected chi connectivity index (χ0v) is 15.3. The minimum Gasteiger partial charge on any atom is -0.0848 e. The van der Waals surface area contributed by atoms with Crippen molar-refractivity contribution < 1.29 is 0 Å². The first-order chi connectivity index (χ1) is 10.9. The Kier molecular flexibility index (Phi) is 9.29. The van der Waals surface area contributed by atoms with Crippen molar-refractivity contribution in [3.63, 3.8) is 0 Å². The highest BCUT2D eigenvalue weighted by atomic mass is 14.3. The van der Waals surface area contributed by atoms with Crippen LogP contribution in [0, 0.1) is 11.8 Å². The van der Waals surface area contributed by atoms with Crippen LogP contribution in [0.4, 0.5) is 0 Å². The first kappa shape index (κ1) is 18.1. The van der Waals surface area contributed by atoms with Crippen molar-refractivity contribution in [2.24, 2.45) is 11.8 Å². The summed E-state index contributed by atoms with van der Waals surface area (Å²) in [6, 6.07) is 0. The van der Waals surface area contributed by atoms with Crippen molar-refractivity contribution in [1.29, 1.82) is 0 Å². The fraction of sp³-hybridized carbons (Fsp3) is 0.909. The zero-order valence-electron chi connectivity index (χ0n) is 15.3. The van der Waals surface area contributed by atoms with Crippen LogP contribution in [-0.2, 0) is 0 Å². The van der Waals surface area contributed by atoms with E-state index in [9.17, 15) is 0 Å². The van der Waals surface area contributed by atoms with Crippen molar-refractivity contribution in [2.75, 3.05) is 0 Å². The maximum absolute atomic E-state index is 2.73. The molecule has 2 rings (SSSR count). The van der Waals surface area contributed by atoms with Crippen LogP contribution in [-0.4, -0.2) is 0 Å². The van der Waals surface area contributed by atoms with E-state index in [0.717, 1.165) is 11.8 Å². The van der Waals surface area contributed by atoms with Crippen molar-refractivity contribution in [1.82, 2.24) is 0 Å². The lowest BCUT2D eigenvalue weighted by Crippen LogP contribution is -2.18. The topological polar surface area (TPSA) is 0 Å². The summed E-state index contributed by atoms with van der Waals surface area (Å²) in [5.74, 6) is 1.94. The van der Waals surface area contributed by atoms with Crippen LogP contribution in [0.1, 0.15) is 116 Å². The van der Waals surface area contributed by atoms with E-state index < -0.39 is 0 Å². The van der Waals surface area contributed by atoms with Crippen LogP contribution >= 0.6 is 0 Å². The summed E-state index contributed by atoms with van der Waals surface area (Å²) in [6.45, 7) is 2.31. The molecular weight excluding hydrogens is 264 g/mol. The maximum atomic E-state index is 2.73. The molecule has 0 nitrogen and oxygen atoms in total. The third kappa shape index (κ3) is 6.47. The van der Waals surface area contributed by atoms with Crippen LogP contribution in [0.25, 0.3) is 0 Å². The van der Waals surface area contributed by atoms with E-state index in [1.54, 1.807) is 0 Å². The highest BCUT2D eigenvalue weighted by Crippen LogP contribution is 2.39. The first-order valence-electron chi connectivity index (χ1n) is 10.6. The Hall–Kier alpha value is -0.260. The van der Waals surface area contributed by atoms with Gasteiger partial charge in [0.25, 0.3) is 0 Å². The van der Waals surface area contributed by atoms with E-state index in [4.69, 9.17) is 0 Å². The lowest BCUT2D eigenvalue weighted by Gasteiger charge is -2.32. The zero-order chi connectivity index (χ0) is 15.5. The third-order valence-corrected chi connectivity index (χ3v) is 6.09. The molecule has 0 spiro atoms. The second kappa shape index (κ2) is 11.3. The molecule has 128 valence electrons. The largest absolute Gasteiger partial charge is 0.0848 e. The Morgan fingerprint density at radius 1 is 0.682 bits per heavy atom. The molecule has 0 atom stereocenters. The predicted molar refractivity (Wildman–Crippen MR) is 99.2 cm³/mol. The molecule has 0 saturated heterocycles. The fourth-order valence-corrected chi connectivity index (χ4v) is 4.73. The van der Waals surface area contributed by atoms with Crippen LogP contribution < -0.4 is 0 Å². The van der Waals surface area contributed by atoms with Crippen LogP contribution in [0.5, 0.6) is 0 Å². The van der Waals surface area contributed by atoms with E-state index in [2.05, 4.69) is 13.0 Å². The van der Waals surface area contributed by atoms with Crippen molar-refractivity contribution in [2.45, 2.75) is 116 Å². The molecule has 0 N–H and O–H groups in total. The first-order valence-corrected chi connectivity index (χ1v) is 10.6. The Morgan fingerprint density at radius 3 is 1.73 bits per heavy atom. The summed E-state index contributed by atoms with van der Waals surface area (Å²) < 4.78 is 0. The smallest absolute Gasteiger partial charge is 0.0200 e. The summed E-state index contributed by atoms with van der Waals surface area (Å²) in [6.07, 6.45) is 27.7. The molecule has 2 fully saturated rings. The molecule has 0 heterocycles. The number of rotatable bonds is 9. The van der Waals surface area contributed by atoms with Gasteiger partial charge < -0.3 is 0 Å². The van der Waals surface area contributed by atoms with E-state index in [0.29, 0.717) is 0 Å². The third-order valence-electron chi connectivity index (χ3n) is 6.09. The van der Waals surface area contributed by atoms with Gasteiger partial charge in [-0.05, 0) is 50.4 Å². The summed E-state index contributed by atoms with van der Waals surface area (Å²) in [7, 11) is 0. The number of hydrogen-bond acceptors (Lipinski definition) is 0. The SMILES string of the molecule is CCCCCCCCC=C(C1CCCCC1)C1CCCCC1. The van der Waals surface area contributed by atoms with Crippen LogP contribution in [0.15, 0.2) is 11.6 Å². The highest BCUT2D eigenvalue weighted by molar-refractivity contribution is 5.12. The highest BCUT2D eigenvalue weighted by Gasteiger charge is 2.25. The average Bonchev–Trinajstić information content (AvgIpc) is 2.59.